The highest BCUT2D eigenvalue weighted by molar-refractivity contribution is 9.10. The van der Waals surface area contributed by atoms with Crippen LogP contribution in [0.15, 0.2) is 46.9 Å². The maximum atomic E-state index is 3.67. The van der Waals surface area contributed by atoms with Crippen LogP contribution in [-0.2, 0) is 13.0 Å². The van der Waals surface area contributed by atoms with Gasteiger partial charge in [0, 0.05) is 34.0 Å². The summed E-state index contributed by atoms with van der Waals surface area (Å²) < 4.78 is 3.70. The predicted octanol–water partition coefficient (Wildman–Crippen LogP) is 5.07. The van der Waals surface area contributed by atoms with E-state index in [4.69, 9.17) is 0 Å². The second-order valence-corrected chi connectivity index (χ2v) is 7.95. The van der Waals surface area contributed by atoms with Gasteiger partial charge >= 0.3 is 0 Å². The Balaban J connectivity index is 1.65. The van der Waals surface area contributed by atoms with Crippen molar-refractivity contribution in [3.05, 3.63) is 58.1 Å². The Morgan fingerprint density at radius 2 is 1.83 bits per heavy atom. The van der Waals surface area contributed by atoms with E-state index in [1.54, 1.807) is 0 Å². The van der Waals surface area contributed by atoms with Crippen LogP contribution in [0.4, 0.5) is 0 Å². The van der Waals surface area contributed by atoms with E-state index >= 15 is 0 Å². The number of aromatic nitrogens is 1. The Bertz CT molecular complexity index is 919. The highest BCUT2D eigenvalue weighted by Crippen LogP contribution is 2.42. The molecule has 0 aliphatic carbocycles. The van der Waals surface area contributed by atoms with E-state index in [1.165, 1.54) is 70.2 Å². The zero-order valence-corrected chi connectivity index (χ0v) is 15.3. The van der Waals surface area contributed by atoms with Crippen LogP contribution in [0.2, 0.25) is 0 Å². The second-order valence-electron chi connectivity index (χ2n) is 7.03. The zero-order chi connectivity index (χ0) is 16.1. The average molecular weight is 381 g/mol. The number of nitrogens with zero attached hydrogens (tertiary/aromatic N) is 2. The van der Waals surface area contributed by atoms with Crippen molar-refractivity contribution in [2.45, 2.75) is 25.8 Å². The van der Waals surface area contributed by atoms with Gasteiger partial charge in [-0.2, -0.15) is 0 Å². The van der Waals surface area contributed by atoms with Gasteiger partial charge in [-0.05, 0) is 61.7 Å². The number of fused-ring (bicyclic) bond motifs is 5. The van der Waals surface area contributed by atoms with Crippen LogP contribution < -0.4 is 0 Å². The molecule has 1 saturated heterocycles. The molecule has 122 valence electrons. The predicted molar refractivity (Wildman–Crippen MR) is 104 cm³/mol. The Labute approximate surface area is 151 Å². The van der Waals surface area contributed by atoms with Crippen molar-refractivity contribution < 1.29 is 0 Å². The zero-order valence-electron chi connectivity index (χ0n) is 13.8. The summed E-state index contributed by atoms with van der Waals surface area (Å²) in [7, 11) is 0. The van der Waals surface area contributed by atoms with Crippen molar-refractivity contribution in [1.82, 2.24) is 9.47 Å². The third-order valence-electron chi connectivity index (χ3n) is 5.61. The van der Waals surface area contributed by atoms with Gasteiger partial charge in [-0.15, -0.1) is 0 Å². The quantitative estimate of drug-likeness (QED) is 0.481. The fourth-order valence-corrected chi connectivity index (χ4v) is 4.82. The van der Waals surface area contributed by atoms with Crippen LogP contribution in [-0.4, -0.2) is 29.1 Å². The molecule has 1 aromatic heterocycles. The van der Waals surface area contributed by atoms with Crippen molar-refractivity contribution >= 4 is 26.8 Å². The average Bonchev–Trinajstić information content (AvgIpc) is 3.28. The van der Waals surface area contributed by atoms with Crippen LogP contribution in [0.5, 0.6) is 0 Å². The van der Waals surface area contributed by atoms with Gasteiger partial charge < -0.3 is 9.47 Å². The van der Waals surface area contributed by atoms with Gasteiger partial charge in [-0.25, -0.2) is 0 Å². The van der Waals surface area contributed by atoms with Crippen LogP contribution in [0.25, 0.3) is 22.2 Å². The number of benzene rings is 2. The van der Waals surface area contributed by atoms with Crippen LogP contribution in [0.3, 0.4) is 0 Å². The SMILES string of the molecule is Brc1ccc2c(c1)c(CCN1CCCC1)c1n2Cc2ccccc2-1. The van der Waals surface area contributed by atoms with Crippen LogP contribution in [0, 0.1) is 0 Å². The van der Waals surface area contributed by atoms with E-state index in [0.29, 0.717) is 0 Å². The van der Waals surface area contributed by atoms with Crippen molar-refractivity contribution in [2.24, 2.45) is 0 Å². The lowest BCUT2D eigenvalue weighted by Gasteiger charge is -2.15. The number of hydrogen-bond acceptors (Lipinski definition) is 1. The van der Waals surface area contributed by atoms with Gasteiger partial charge in [0.25, 0.3) is 0 Å². The molecule has 2 nitrogen and oxygen atoms in total. The second kappa shape index (κ2) is 5.75. The molecule has 3 heteroatoms. The molecule has 0 radical (unpaired) electrons. The first-order valence-electron chi connectivity index (χ1n) is 8.92. The van der Waals surface area contributed by atoms with Gasteiger partial charge in [-0.1, -0.05) is 40.2 Å². The minimum Gasteiger partial charge on any atom is -0.336 e. The molecule has 0 N–H and O–H groups in total. The molecule has 1 fully saturated rings. The highest BCUT2D eigenvalue weighted by Gasteiger charge is 2.26. The van der Waals surface area contributed by atoms with Crippen LogP contribution >= 0.6 is 15.9 Å². The monoisotopic (exact) mass is 380 g/mol. The summed E-state index contributed by atoms with van der Waals surface area (Å²) in [6, 6.07) is 15.7. The normalized spacial score (nSPS) is 16.7. The molecule has 0 saturated carbocycles. The summed E-state index contributed by atoms with van der Waals surface area (Å²) in [5.74, 6) is 0. The van der Waals surface area contributed by atoms with E-state index in [1.807, 2.05) is 0 Å². The molecule has 3 aromatic rings. The van der Waals surface area contributed by atoms with Gasteiger partial charge in [0.15, 0.2) is 0 Å². The molecule has 5 rings (SSSR count). The van der Waals surface area contributed by atoms with Gasteiger partial charge in [0.1, 0.15) is 0 Å². The standard InChI is InChI=1S/C21H21BrN2/c22-16-7-8-20-19(13-16)18(9-12-23-10-3-4-11-23)21-17-6-2-1-5-15(17)14-24(20)21/h1-2,5-8,13H,3-4,9-12,14H2. The van der Waals surface area contributed by atoms with E-state index in [9.17, 15) is 0 Å². The fraction of sp³-hybridized carbons (Fsp3) is 0.333. The summed E-state index contributed by atoms with van der Waals surface area (Å²) in [5, 5.41) is 1.42. The van der Waals surface area contributed by atoms with Crippen molar-refractivity contribution in [3.8, 4) is 11.3 Å². The molecule has 2 aliphatic heterocycles. The molecule has 0 unspecified atom stereocenters. The number of hydrogen-bond donors (Lipinski definition) is 0. The Kier molecular flexibility index (Phi) is 3.53. The lowest BCUT2D eigenvalue weighted by molar-refractivity contribution is 0.344. The summed E-state index contributed by atoms with van der Waals surface area (Å²) in [5.41, 5.74) is 7.25. The minimum atomic E-state index is 1.01. The van der Waals surface area contributed by atoms with Gasteiger partial charge in [0.2, 0.25) is 0 Å². The Morgan fingerprint density at radius 3 is 2.71 bits per heavy atom. The third-order valence-corrected chi connectivity index (χ3v) is 6.10. The lowest BCUT2D eigenvalue weighted by Crippen LogP contribution is -2.22. The number of rotatable bonds is 3. The topological polar surface area (TPSA) is 8.17 Å². The highest BCUT2D eigenvalue weighted by atomic mass is 79.9. The third kappa shape index (κ3) is 2.26. The van der Waals surface area contributed by atoms with Crippen molar-refractivity contribution in [1.29, 1.82) is 0 Å². The maximum absolute atomic E-state index is 3.67. The molecule has 2 aromatic carbocycles. The molecular formula is C21H21BrN2. The molecule has 3 heterocycles. The van der Waals surface area contributed by atoms with E-state index < -0.39 is 0 Å². The summed E-state index contributed by atoms with van der Waals surface area (Å²) in [6.07, 6.45) is 3.87. The number of likely N-dealkylation sites (tertiary alicyclic amines) is 1. The maximum Gasteiger partial charge on any atom is 0.0531 e. The first kappa shape index (κ1) is 14.7. The van der Waals surface area contributed by atoms with E-state index in [2.05, 4.69) is 67.9 Å². The molecule has 0 spiro atoms. The van der Waals surface area contributed by atoms with Gasteiger partial charge in [-0.3, -0.25) is 0 Å². The Hall–Kier alpha value is -1.58. The molecule has 2 aliphatic rings. The molecular weight excluding hydrogens is 360 g/mol. The van der Waals surface area contributed by atoms with Gasteiger partial charge in [0.05, 0.1) is 5.69 Å². The largest absolute Gasteiger partial charge is 0.336 e. The molecule has 0 bridgehead atoms. The summed E-state index contributed by atoms with van der Waals surface area (Å²) in [6.45, 7) is 4.73. The van der Waals surface area contributed by atoms with E-state index in [-0.39, 0.29) is 0 Å². The van der Waals surface area contributed by atoms with E-state index in [0.717, 1.165) is 13.0 Å². The van der Waals surface area contributed by atoms with Crippen molar-refractivity contribution in [3.63, 3.8) is 0 Å². The number of halogens is 1. The molecule has 0 amide bonds. The molecule has 0 atom stereocenters. The fourth-order valence-electron chi connectivity index (χ4n) is 4.46. The minimum absolute atomic E-state index is 1.01. The first-order valence-corrected chi connectivity index (χ1v) is 9.72. The Morgan fingerprint density at radius 1 is 1.00 bits per heavy atom. The smallest absolute Gasteiger partial charge is 0.0531 e. The summed E-state index contributed by atoms with van der Waals surface area (Å²) in [4.78, 5) is 2.62. The molecule has 24 heavy (non-hydrogen) atoms. The van der Waals surface area contributed by atoms with Crippen LogP contribution in [0.1, 0.15) is 24.0 Å². The summed E-state index contributed by atoms with van der Waals surface area (Å²) >= 11 is 3.67. The van der Waals surface area contributed by atoms with Crippen molar-refractivity contribution in [2.75, 3.05) is 19.6 Å². The lowest BCUT2D eigenvalue weighted by atomic mass is 10.00. The first-order chi connectivity index (χ1) is 11.8.